The quantitative estimate of drug-likeness (QED) is 0.419. The fourth-order valence-electron chi connectivity index (χ4n) is 2.77. The van der Waals surface area contributed by atoms with Gasteiger partial charge < -0.3 is 0 Å². The molecule has 4 aromatic rings. The number of aromatic nitrogens is 3. The van der Waals surface area contributed by atoms with Gasteiger partial charge in [-0.05, 0) is 24.6 Å². The molecular weight excluding hydrogens is 402 g/mol. The third kappa shape index (κ3) is 4.26. The van der Waals surface area contributed by atoms with Crippen molar-refractivity contribution >= 4 is 21.8 Å². The van der Waals surface area contributed by atoms with Crippen LogP contribution < -0.4 is 0 Å². The first-order valence-corrected chi connectivity index (χ1v) is 11.5. The van der Waals surface area contributed by atoms with E-state index in [2.05, 4.69) is 10.1 Å². The molecule has 4 rings (SSSR count). The lowest BCUT2D eigenvalue weighted by Gasteiger charge is -2.07. The molecule has 0 fully saturated rings. The highest BCUT2D eigenvalue weighted by atomic mass is 32.2. The molecule has 29 heavy (non-hydrogen) atoms. The largest absolute Gasteiger partial charge is 0.285 e. The number of aryl methyl sites for hydroxylation is 1. The summed E-state index contributed by atoms with van der Waals surface area (Å²) in [4.78, 5) is 4.73. The Morgan fingerprint density at radius 3 is 2.14 bits per heavy atom. The molecule has 0 aliphatic carbocycles. The molecule has 5 nitrogen and oxygen atoms in total. The maximum atomic E-state index is 13.3. The molecule has 0 saturated carbocycles. The van der Waals surface area contributed by atoms with E-state index in [0.29, 0.717) is 16.7 Å². The highest BCUT2D eigenvalue weighted by Gasteiger charge is 2.24. The Morgan fingerprint density at radius 1 is 0.862 bits per heavy atom. The second-order valence-electron chi connectivity index (χ2n) is 6.52. The van der Waals surface area contributed by atoms with Gasteiger partial charge in [0, 0.05) is 11.3 Å². The predicted octanol–water partition coefficient (Wildman–Crippen LogP) is 4.78. The van der Waals surface area contributed by atoms with Gasteiger partial charge in [0.25, 0.3) is 10.0 Å². The second kappa shape index (κ2) is 8.23. The second-order valence-corrected chi connectivity index (χ2v) is 9.23. The normalized spacial score (nSPS) is 11.5. The first kappa shape index (κ1) is 19.4. The van der Waals surface area contributed by atoms with Crippen molar-refractivity contribution in [3.63, 3.8) is 0 Å². The van der Waals surface area contributed by atoms with Gasteiger partial charge >= 0.3 is 0 Å². The monoisotopic (exact) mass is 421 g/mol. The summed E-state index contributed by atoms with van der Waals surface area (Å²) in [6.45, 7) is 1.92. The summed E-state index contributed by atoms with van der Waals surface area (Å²) in [6.07, 6.45) is 0. The topological polar surface area (TPSA) is 64.8 Å². The minimum atomic E-state index is -3.86. The summed E-state index contributed by atoms with van der Waals surface area (Å²) < 4.78 is 27.6. The molecule has 7 heteroatoms. The molecule has 1 aromatic heterocycles. The van der Waals surface area contributed by atoms with Crippen molar-refractivity contribution in [2.24, 2.45) is 0 Å². The number of hydrogen-bond acceptors (Lipinski definition) is 5. The Balaban J connectivity index is 1.76. The first-order valence-electron chi connectivity index (χ1n) is 9.05. The summed E-state index contributed by atoms with van der Waals surface area (Å²) in [6, 6.07) is 26.0. The highest BCUT2D eigenvalue weighted by Crippen LogP contribution is 2.28. The Morgan fingerprint density at radius 2 is 1.48 bits per heavy atom. The van der Waals surface area contributed by atoms with E-state index < -0.39 is 10.0 Å². The molecule has 0 bridgehead atoms. The van der Waals surface area contributed by atoms with Crippen molar-refractivity contribution in [3.05, 3.63) is 96.1 Å². The minimum absolute atomic E-state index is 0.189. The van der Waals surface area contributed by atoms with Crippen LogP contribution in [0.2, 0.25) is 0 Å². The van der Waals surface area contributed by atoms with Crippen LogP contribution in [0.3, 0.4) is 0 Å². The number of nitrogens with zero attached hydrogens (tertiary/aromatic N) is 3. The summed E-state index contributed by atoms with van der Waals surface area (Å²) in [5, 5.41) is 4.70. The molecule has 0 aliphatic rings. The summed E-state index contributed by atoms with van der Waals surface area (Å²) >= 11 is 1.35. The van der Waals surface area contributed by atoms with E-state index >= 15 is 0 Å². The molecular formula is C22H19N3O2S2. The van der Waals surface area contributed by atoms with Crippen molar-refractivity contribution in [2.45, 2.75) is 22.7 Å². The van der Waals surface area contributed by atoms with E-state index in [-0.39, 0.29) is 4.90 Å². The van der Waals surface area contributed by atoms with Gasteiger partial charge in [-0.3, -0.25) is 0 Å². The van der Waals surface area contributed by atoms with Crippen LogP contribution in [0, 0.1) is 6.92 Å². The number of hydrogen-bond donors (Lipinski definition) is 0. The number of benzene rings is 3. The van der Waals surface area contributed by atoms with Crippen LogP contribution in [0.4, 0.5) is 0 Å². The van der Waals surface area contributed by atoms with Gasteiger partial charge in [0.2, 0.25) is 5.16 Å². The summed E-state index contributed by atoms with van der Waals surface area (Å²) in [5.74, 6) is 0.980. The van der Waals surface area contributed by atoms with Crippen LogP contribution in [0.15, 0.2) is 95.0 Å². The highest BCUT2D eigenvalue weighted by molar-refractivity contribution is 7.99. The lowest BCUT2D eigenvalue weighted by atomic mass is 10.2. The van der Waals surface area contributed by atoms with Gasteiger partial charge in [-0.1, -0.05) is 90.1 Å². The Labute approximate surface area is 174 Å². The van der Waals surface area contributed by atoms with E-state index in [1.54, 1.807) is 24.3 Å². The van der Waals surface area contributed by atoms with Crippen molar-refractivity contribution in [1.82, 2.24) is 14.2 Å². The van der Waals surface area contributed by atoms with Crippen LogP contribution in [0.5, 0.6) is 0 Å². The number of thioether (sulfide) groups is 1. The van der Waals surface area contributed by atoms with Crippen LogP contribution in [-0.2, 0) is 15.8 Å². The molecule has 0 radical (unpaired) electrons. The molecule has 0 atom stereocenters. The van der Waals surface area contributed by atoms with Crippen molar-refractivity contribution in [2.75, 3.05) is 0 Å². The third-order valence-electron chi connectivity index (χ3n) is 4.34. The van der Waals surface area contributed by atoms with Gasteiger partial charge in [0.05, 0.1) is 4.90 Å². The van der Waals surface area contributed by atoms with E-state index in [4.69, 9.17) is 0 Å². The Bertz CT molecular complexity index is 1200. The zero-order valence-electron chi connectivity index (χ0n) is 15.8. The van der Waals surface area contributed by atoms with Crippen molar-refractivity contribution < 1.29 is 8.42 Å². The van der Waals surface area contributed by atoms with Gasteiger partial charge in [-0.15, -0.1) is 9.19 Å². The average molecular weight is 422 g/mol. The third-order valence-corrected chi connectivity index (χ3v) is 7.03. The lowest BCUT2D eigenvalue weighted by molar-refractivity contribution is 0.573. The molecule has 0 unspecified atom stereocenters. The van der Waals surface area contributed by atoms with E-state index in [0.717, 1.165) is 20.8 Å². The van der Waals surface area contributed by atoms with Crippen LogP contribution in [0.25, 0.3) is 11.4 Å². The average Bonchev–Trinajstić information content (AvgIpc) is 3.19. The van der Waals surface area contributed by atoms with Gasteiger partial charge in [0.15, 0.2) is 5.82 Å². The molecule has 0 spiro atoms. The smallest absolute Gasteiger partial charge is 0.200 e. The van der Waals surface area contributed by atoms with Gasteiger partial charge in [0.1, 0.15) is 0 Å². The molecule has 3 aromatic carbocycles. The zero-order valence-corrected chi connectivity index (χ0v) is 17.4. The zero-order chi connectivity index (χ0) is 20.3. The molecule has 0 aliphatic heterocycles. The summed E-state index contributed by atoms with van der Waals surface area (Å²) in [7, 11) is -3.86. The lowest BCUT2D eigenvalue weighted by Crippen LogP contribution is -2.16. The van der Waals surface area contributed by atoms with E-state index in [9.17, 15) is 8.42 Å². The first-order chi connectivity index (χ1) is 14.0. The Kier molecular flexibility index (Phi) is 5.51. The summed E-state index contributed by atoms with van der Waals surface area (Å²) in [5.41, 5.74) is 2.85. The van der Waals surface area contributed by atoms with Crippen molar-refractivity contribution in [1.29, 1.82) is 0 Å². The molecule has 0 N–H and O–H groups in total. The van der Waals surface area contributed by atoms with Crippen molar-refractivity contribution in [3.8, 4) is 11.4 Å². The molecule has 146 valence electrons. The van der Waals surface area contributed by atoms with Crippen LogP contribution >= 0.6 is 11.8 Å². The van der Waals surface area contributed by atoms with E-state index in [1.165, 1.54) is 11.8 Å². The minimum Gasteiger partial charge on any atom is -0.200 e. The van der Waals surface area contributed by atoms with E-state index in [1.807, 2.05) is 67.6 Å². The fourth-order valence-corrected chi connectivity index (χ4v) is 5.12. The maximum absolute atomic E-state index is 13.3. The molecule has 0 saturated heterocycles. The predicted molar refractivity (Wildman–Crippen MR) is 115 cm³/mol. The number of rotatable bonds is 6. The van der Waals surface area contributed by atoms with Gasteiger partial charge in [-0.2, -0.15) is 13.4 Å². The van der Waals surface area contributed by atoms with Gasteiger partial charge in [-0.25, -0.2) is 0 Å². The van der Waals surface area contributed by atoms with Crippen LogP contribution in [0.1, 0.15) is 11.1 Å². The van der Waals surface area contributed by atoms with Crippen LogP contribution in [-0.4, -0.2) is 22.6 Å². The standard InChI is InChI=1S/C22H19N3O2S2/c1-17-12-14-20(15-13-17)29(26,27)25-22(28-16-18-8-4-2-5-9-18)23-21(24-25)19-10-6-3-7-11-19/h2-15H,16H2,1H3. The maximum Gasteiger partial charge on any atom is 0.285 e. The Hall–Kier alpha value is -2.90. The SMILES string of the molecule is Cc1ccc(S(=O)(=O)n2nc(-c3ccccc3)nc2SCc2ccccc2)cc1. The molecule has 0 amide bonds. The molecule has 1 heterocycles. The fraction of sp³-hybridized carbons (Fsp3) is 0.0909.